The van der Waals surface area contributed by atoms with Crippen LogP contribution in [-0.4, -0.2) is 35.0 Å². The minimum atomic E-state index is 0.00290. The lowest BCUT2D eigenvalue weighted by Crippen LogP contribution is -2.33. The summed E-state index contributed by atoms with van der Waals surface area (Å²) >= 11 is 0. The Morgan fingerprint density at radius 3 is 2.58 bits per heavy atom. The first kappa shape index (κ1) is 21.6. The Morgan fingerprint density at radius 1 is 1.00 bits per heavy atom. The van der Waals surface area contributed by atoms with Gasteiger partial charge in [0.25, 0.3) is 0 Å². The standard InChI is InChI=1S/C27H35N3O/c1-21(2)27(31)28-25-10-7-9-24(20-25)22-12-17-29(18-13-22)15-5-6-16-30-19-14-23-8-3-4-11-26(23)30/h3-4,7-11,14,19-22H,5-6,12-13,15-18H2,1-2H3,(H,28,31). The number of hydrogen-bond acceptors (Lipinski definition) is 2. The minimum absolute atomic E-state index is 0.00290. The zero-order valence-corrected chi connectivity index (χ0v) is 18.9. The van der Waals surface area contributed by atoms with Gasteiger partial charge in [-0.1, -0.05) is 44.2 Å². The molecule has 1 aromatic heterocycles. The molecule has 2 aromatic carbocycles. The molecule has 0 atom stereocenters. The molecular weight excluding hydrogens is 382 g/mol. The summed E-state index contributed by atoms with van der Waals surface area (Å²) in [5, 5.41) is 4.37. The predicted octanol–water partition coefficient (Wildman–Crippen LogP) is 5.90. The maximum atomic E-state index is 12.0. The number of likely N-dealkylation sites (tertiary alicyclic amines) is 1. The highest BCUT2D eigenvalue weighted by molar-refractivity contribution is 5.92. The summed E-state index contributed by atoms with van der Waals surface area (Å²) in [6.07, 6.45) is 7.07. The Kier molecular flexibility index (Phi) is 7.08. The van der Waals surface area contributed by atoms with E-state index in [1.54, 1.807) is 0 Å². The van der Waals surface area contributed by atoms with Gasteiger partial charge in [-0.2, -0.15) is 0 Å². The summed E-state index contributed by atoms with van der Waals surface area (Å²) < 4.78 is 2.38. The molecule has 1 amide bonds. The zero-order valence-electron chi connectivity index (χ0n) is 18.9. The summed E-state index contributed by atoms with van der Waals surface area (Å²) in [6, 6.07) is 19.3. The third-order valence-corrected chi connectivity index (χ3v) is 6.54. The molecule has 3 aromatic rings. The number of benzene rings is 2. The van der Waals surface area contributed by atoms with Gasteiger partial charge in [0, 0.05) is 29.9 Å². The number of piperidine rings is 1. The molecule has 1 fully saturated rings. The number of aryl methyl sites for hydroxylation is 1. The SMILES string of the molecule is CC(C)C(=O)Nc1cccc(C2CCN(CCCCn3ccc4ccccc43)CC2)c1. The summed E-state index contributed by atoms with van der Waals surface area (Å²) in [4.78, 5) is 14.6. The lowest BCUT2D eigenvalue weighted by molar-refractivity contribution is -0.118. The molecule has 1 aliphatic heterocycles. The molecule has 0 spiro atoms. The van der Waals surface area contributed by atoms with Gasteiger partial charge >= 0.3 is 0 Å². The normalized spacial score (nSPS) is 15.6. The smallest absolute Gasteiger partial charge is 0.226 e. The molecule has 4 nitrogen and oxygen atoms in total. The van der Waals surface area contributed by atoms with Gasteiger partial charge in [0.15, 0.2) is 0 Å². The Bertz CT molecular complexity index is 998. The average molecular weight is 418 g/mol. The van der Waals surface area contributed by atoms with Gasteiger partial charge in [-0.15, -0.1) is 0 Å². The van der Waals surface area contributed by atoms with Crippen LogP contribution in [-0.2, 0) is 11.3 Å². The number of amides is 1. The van der Waals surface area contributed by atoms with E-state index < -0.39 is 0 Å². The Balaban J connectivity index is 1.21. The summed E-state index contributed by atoms with van der Waals surface area (Å²) in [5.41, 5.74) is 3.63. The number of nitrogens with zero attached hydrogens (tertiary/aromatic N) is 2. The molecular formula is C27H35N3O. The lowest BCUT2D eigenvalue weighted by Gasteiger charge is -2.32. The van der Waals surface area contributed by atoms with Crippen LogP contribution in [0.4, 0.5) is 5.69 Å². The van der Waals surface area contributed by atoms with Gasteiger partial charge in [0.2, 0.25) is 5.91 Å². The number of rotatable bonds is 8. The van der Waals surface area contributed by atoms with E-state index in [1.807, 2.05) is 19.9 Å². The topological polar surface area (TPSA) is 37.3 Å². The maximum Gasteiger partial charge on any atom is 0.226 e. The first-order chi connectivity index (χ1) is 15.1. The fourth-order valence-electron chi connectivity index (χ4n) is 4.60. The van der Waals surface area contributed by atoms with Crippen LogP contribution in [0.15, 0.2) is 60.8 Å². The number of carbonyl (C=O) groups is 1. The van der Waals surface area contributed by atoms with Crippen molar-refractivity contribution in [3.8, 4) is 0 Å². The van der Waals surface area contributed by atoms with E-state index >= 15 is 0 Å². The van der Waals surface area contributed by atoms with E-state index in [4.69, 9.17) is 0 Å². The third-order valence-electron chi connectivity index (χ3n) is 6.54. The number of nitrogens with one attached hydrogen (secondary N) is 1. The fourth-order valence-corrected chi connectivity index (χ4v) is 4.60. The largest absolute Gasteiger partial charge is 0.347 e. The Hall–Kier alpha value is -2.59. The van der Waals surface area contributed by atoms with Crippen molar-refractivity contribution >= 4 is 22.5 Å². The molecule has 1 N–H and O–H groups in total. The van der Waals surface area contributed by atoms with Crippen molar-refractivity contribution in [1.82, 2.24) is 9.47 Å². The number of fused-ring (bicyclic) bond motifs is 1. The van der Waals surface area contributed by atoms with Crippen LogP contribution in [0.25, 0.3) is 10.9 Å². The van der Waals surface area contributed by atoms with Gasteiger partial charge in [-0.25, -0.2) is 0 Å². The van der Waals surface area contributed by atoms with E-state index in [0.717, 1.165) is 12.2 Å². The number of hydrogen-bond donors (Lipinski definition) is 1. The van der Waals surface area contributed by atoms with Crippen molar-refractivity contribution in [3.05, 3.63) is 66.4 Å². The molecule has 4 heteroatoms. The second-order valence-electron chi connectivity index (χ2n) is 9.16. The highest BCUT2D eigenvalue weighted by atomic mass is 16.1. The monoisotopic (exact) mass is 417 g/mol. The molecule has 1 aliphatic rings. The summed E-state index contributed by atoms with van der Waals surface area (Å²) in [7, 11) is 0. The van der Waals surface area contributed by atoms with Crippen LogP contribution in [0, 0.1) is 5.92 Å². The maximum absolute atomic E-state index is 12.0. The van der Waals surface area contributed by atoms with Gasteiger partial charge in [0.1, 0.15) is 0 Å². The molecule has 4 rings (SSSR count). The molecule has 0 bridgehead atoms. The van der Waals surface area contributed by atoms with E-state index in [9.17, 15) is 4.79 Å². The Morgan fingerprint density at radius 2 is 1.77 bits per heavy atom. The summed E-state index contributed by atoms with van der Waals surface area (Å²) in [6.45, 7) is 8.47. The van der Waals surface area contributed by atoms with E-state index in [0.29, 0.717) is 5.92 Å². The highest BCUT2D eigenvalue weighted by Gasteiger charge is 2.20. The number of anilines is 1. The second kappa shape index (κ2) is 10.1. The number of carbonyl (C=O) groups excluding carboxylic acids is 1. The molecule has 2 heterocycles. The molecule has 0 unspecified atom stereocenters. The predicted molar refractivity (Wildman–Crippen MR) is 129 cm³/mol. The third kappa shape index (κ3) is 5.56. The zero-order chi connectivity index (χ0) is 21.6. The molecule has 164 valence electrons. The van der Waals surface area contributed by atoms with Crippen LogP contribution < -0.4 is 5.32 Å². The van der Waals surface area contributed by atoms with Crippen LogP contribution in [0.2, 0.25) is 0 Å². The Labute approximate surface area is 186 Å². The minimum Gasteiger partial charge on any atom is -0.347 e. The molecule has 0 radical (unpaired) electrons. The number of aromatic nitrogens is 1. The van der Waals surface area contributed by atoms with E-state index in [1.165, 1.54) is 61.8 Å². The van der Waals surface area contributed by atoms with E-state index in [-0.39, 0.29) is 11.8 Å². The second-order valence-corrected chi connectivity index (χ2v) is 9.16. The highest BCUT2D eigenvalue weighted by Crippen LogP contribution is 2.29. The van der Waals surface area contributed by atoms with Gasteiger partial charge in [-0.05, 0) is 86.5 Å². The van der Waals surface area contributed by atoms with Gasteiger partial charge in [0.05, 0.1) is 0 Å². The first-order valence-electron chi connectivity index (χ1n) is 11.8. The van der Waals surface area contributed by atoms with Crippen molar-refractivity contribution < 1.29 is 4.79 Å². The van der Waals surface area contributed by atoms with Crippen LogP contribution in [0.1, 0.15) is 51.0 Å². The molecule has 0 saturated carbocycles. The molecule has 31 heavy (non-hydrogen) atoms. The molecule has 1 saturated heterocycles. The number of unbranched alkanes of at least 4 members (excludes halogenated alkanes) is 1. The molecule has 0 aliphatic carbocycles. The van der Waals surface area contributed by atoms with Crippen LogP contribution in [0.3, 0.4) is 0 Å². The first-order valence-corrected chi connectivity index (χ1v) is 11.8. The van der Waals surface area contributed by atoms with Crippen molar-refractivity contribution in [2.24, 2.45) is 5.92 Å². The lowest BCUT2D eigenvalue weighted by atomic mass is 9.89. The van der Waals surface area contributed by atoms with Crippen molar-refractivity contribution in [2.75, 3.05) is 25.0 Å². The van der Waals surface area contributed by atoms with Crippen molar-refractivity contribution in [1.29, 1.82) is 0 Å². The fraction of sp³-hybridized carbons (Fsp3) is 0.444. The van der Waals surface area contributed by atoms with E-state index in [2.05, 4.69) is 69.5 Å². The summed E-state index contributed by atoms with van der Waals surface area (Å²) in [5.74, 6) is 0.682. The quantitative estimate of drug-likeness (QED) is 0.464. The van der Waals surface area contributed by atoms with Crippen LogP contribution >= 0.6 is 0 Å². The van der Waals surface area contributed by atoms with Gasteiger partial charge in [-0.3, -0.25) is 4.79 Å². The number of para-hydroxylation sites is 1. The van der Waals surface area contributed by atoms with Crippen LogP contribution in [0.5, 0.6) is 0 Å². The van der Waals surface area contributed by atoms with Crippen molar-refractivity contribution in [3.63, 3.8) is 0 Å². The van der Waals surface area contributed by atoms with Crippen molar-refractivity contribution in [2.45, 2.75) is 52.0 Å². The average Bonchev–Trinajstić information content (AvgIpc) is 3.20. The van der Waals surface area contributed by atoms with Gasteiger partial charge < -0.3 is 14.8 Å².